The topological polar surface area (TPSA) is 106 Å². The Kier molecular flexibility index (Phi) is 10.3. The van der Waals surface area contributed by atoms with Gasteiger partial charge in [0.25, 0.3) is 5.91 Å². The van der Waals surface area contributed by atoms with Gasteiger partial charge in [-0.3, -0.25) is 4.79 Å². The van der Waals surface area contributed by atoms with E-state index in [1.165, 1.54) is 52.2 Å². The van der Waals surface area contributed by atoms with E-state index in [0.717, 1.165) is 37.7 Å². The van der Waals surface area contributed by atoms with Gasteiger partial charge in [0, 0.05) is 38.5 Å². The third-order valence-electron chi connectivity index (χ3n) is 9.69. The minimum atomic E-state index is -3.90. The number of aliphatic hydroxyl groups is 1. The summed E-state index contributed by atoms with van der Waals surface area (Å²) in [4.78, 5) is 15.8. The van der Waals surface area contributed by atoms with Crippen LogP contribution in [0.15, 0.2) is 83.5 Å². The number of nitrogens with zero attached hydrogens (tertiary/aromatic N) is 2. The van der Waals surface area contributed by atoms with Gasteiger partial charge in [0.15, 0.2) is 5.76 Å². The molecule has 47 heavy (non-hydrogen) atoms. The number of ether oxygens (including phenoxy) is 3. The number of hydrogen-bond donors (Lipinski definition) is 1. The molecule has 3 aromatic carbocycles. The van der Waals surface area contributed by atoms with E-state index < -0.39 is 16.3 Å². The molecule has 2 aliphatic carbocycles. The van der Waals surface area contributed by atoms with Crippen molar-refractivity contribution in [2.24, 2.45) is 0 Å². The van der Waals surface area contributed by atoms with E-state index in [9.17, 15) is 18.3 Å². The molecule has 3 aliphatic rings. The number of carbonyl (C=O) groups is 1. The zero-order valence-electron chi connectivity index (χ0n) is 27.1. The molecule has 0 spiro atoms. The molecule has 2 atom stereocenters. The third kappa shape index (κ3) is 7.11. The van der Waals surface area contributed by atoms with Crippen LogP contribution < -0.4 is 4.74 Å². The Bertz CT molecular complexity index is 1700. The average Bonchev–Trinajstić information content (AvgIpc) is 3.50. The summed E-state index contributed by atoms with van der Waals surface area (Å²) in [6.07, 6.45) is 7.85. The summed E-state index contributed by atoms with van der Waals surface area (Å²) in [5.74, 6) is 0.527. The van der Waals surface area contributed by atoms with Gasteiger partial charge < -0.3 is 24.2 Å². The molecule has 0 saturated heterocycles. The van der Waals surface area contributed by atoms with E-state index in [1.807, 2.05) is 18.0 Å². The summed E-state index contributed by atoms with van der Waals surface area (Å²) in [5.41, 5.74) is 6.14. The van der Waals surface area contributed by atoms with Crippen LogP contribution in [0.5, 0.6) is 5.75 Å². The maximum Gasteiger partial charge on any atom is 0.288 e. The number of fused-ring (bicyclic) bond motifs is 3. The van der Waals surface area contributed by atoms with Gasteiger partial charge in [-0.1, -0.05) is 61.7 Å². The molecule has 250 valence electrons. The summed E-state index contributed by atoms with van der Waals surface area (Å²) in [6, 6.07) is 21.1. The number of sulfonamides is 1. The van der Waals surface area contributed by atoms with Gasteiger partial charge in [0.1, 0.15) is 5.75 Å². The maximum absolute atomic E-state index is 13.9. The van der Waals surface area contributed by atoms with Crippen molar-refractivity contribution >= 4 is 15.9 Å². The molecule has 10 heteroatoms. The van der Waals surface area contributed by atoms with Gasteiger partial charge in [-0.05, 0) is 77.4 Å². The highest BCUT2D eigenvalue weighted by Crippen LogP contribution is 2.43. The number of carbonyl (C=O) groups excluding carboxylic acids is 1. The minimum Gasteiger partial charge on any atom is -0.497 e. The first-order valence-corrected chi connectivity index (χ1v) is 18.0. The van der Waals surface area contributed by atoms with E-state index in [2.05, 4.69) is 42.5 Å². The lowest BCUT2D eigenvalue weighted by molar-refractivity contribution is -0.153. The maximum atomic E-state index is 13.9. The second-order valence-corrected chi connectivity index (χ2v) is 14.4. The molecule has 1 saturated carbocycles. The van der Waals surface area contributed by atoms with Crippen molar-refractivity contribution in [2.75, 3.05) is 40.5 Å². The van der Waals surface area contributed by atoms with E-state index in [-0.39, 0.29) is 54.8 Å². The zero-order valence-corrected chi connectivity index (χ0v) is 28.0. The summed E-state index contributed by atoms with van der Waals surface area (Å²) in [5, 5.41) is 9.69. The van der Waals surface area contributed by atoms with Crippen molar-refractivity contribution in [3.63, 3.8) is 0 Å². The first kappa shape index (κ1) is 33.2. The van der Waals surface area contributed by atoms with Crippen LogP contribution in [0.2, 0.25) is 0 Å². The second-order valence-electron chi connectivity index (χ2n) is 12.5. The summed E-state index contributed by atoms with van der Waals surface area (Å²) >= 11 is 0. The van der Waals surface area contributed by atoms with E-state index in [0.29, 0.717) is 12.2 Å². The molecule has 0 aromatic heterocycles. The van der Waals surface area contributed by atoms with Crippen LogP contribution in [0.3, 0.4) is 0 Å². The number of rotatable bonds is 12. The SMILES string of the molecule is COc1ccc(S(=O)(=O)N(CCO)CCOC2CC(c3cccc4c3Cc3ccccc3-4)C=C(C(=O)N(C)C3CCCCC3)O2)cc1. The van der Waals surface area contributed by atoms with Crippen LogP contribution in [0, 0.1) is 0 Å². The molecule has 1 amide bonds. The molecule has 0 radical (unpaired) electrons. The fraction of sp³-hybridized carbons (Fsp3) is 0.432. The number of aliphatic hydroxyl groups excluding tert-OH is 1. The summed E-state index contributed by atoms with van der Waals surface area (Å²) in [6.45, 7) is -0.401. The predicted molar refractivity (Wildman–Crippen MR) is 179 cm³/mol. The van der Waals surface area contributed by atoms with Crippen LogP contribution in [0.25, 0.3) is 11.1 Å². The lowest BCUT2D eigenvalue weighted by Gasteiger charge is -2.35. The van der Waals surface area contributed by atoms with Crippen LogP contribution in [0.4, 0.5) is 0 Å². The Labute approximate surface area is 277 Å². The predicted octanol–water partition coefficient (Wildman–Crippen LogP) is 5.47. The second kappa shape index (κ2) is 14.6. The van der Waals surface area contributed by atoms with Crippen molar-refractivity contribution < 1.29 is 32.5 Å². The van der Waals surface area contributed by atoms with Crippen LogP contribution in [0.1, 0.15) is 61.1 Å². The number of likely N-dealkylation sites (N-methyl/N-ethyl adjacent to an activating group) is 1. The van der Waals surface area contributed by atoms with E-state index in [4.69, 9.17) is 14.2 Å². The summed E-state index contributed by atoms with van der Waals surface area (Å²) in [7, 11) is -0.527. The van der Waals surface area contributed by atoms with Gasteiger partial charge >= 0.3 is 0 Å². The first-order chi connectivity index (χ1) is 22.8. The lowest BCUT2D eigenvalue weighted by atomic mass is 9.87. The molecule has 6 rings (SSSR count). The van der Waals surface area contributed by atoms with Crippen LogP contribution in [-0.4, -0.2) is 81.4 Å². The standard InChI is InChI=1S/C37H44N2O7S/c1-38(28-10-4-3-5-11-28)37(41)35-24-27(32-13-8-14-33-31-12-7-6-9-26(31)23-34(32)33)25-36(46-35)45-22-20-39(19-21-40)47(42,43)30-17-15-29(44-2)16-18-30/h6-9,12-18,24,27-28,36,40H,3-5,10-11,19-23,25H2,1-2H3. The third-order valence-corrected chi connectivity index (χ3v) is 11.6. The Hall–Kier alpha value is -3.70. The first-order valence-electron chi connectivity index (χ1n) is 16.5. The van der Waals surface area contributed by atoms with Crippen molar-refractivity contribution in [2.45, 2.75) is 68.1 Å². The molecular weight excluding hydrogens is 616 g/mol. The molecule has 2 unspecified atom stereocenters. The molecule has 1 fully saturated rings. The Morgan fingerprint density at radius 3 is 2.45 bits per heavy atom. The largest absolute Gasteiger partial charge is 0.497 e. The van der Waals surface area contributed by atoms with Gasteiger partial charge in [-0.15, -0.1) is 0 Å². The van der Waals surface area contributed by atoms with Gasteiger partial charge in [0.05, 0.1) is 25.2 Å². The molecule has 1 N–H and O–H groups in total. The molecule has 9 nitrogen and oxygen atoms in total. The highest BCUT2D eigenvalue weighted by Gasteiger charge is 2.35. The number of methoxy groups -OCH3 is 1. The number of hydrogen-bond acceptors (Lipinski definition) is 7. The highest BCUT2D eigenvalue weighted by atomic mass is 32.2. The fourth-order valence-electron chi connectivity index (χ4n) is 7.11. The average molecular weight is 661 g/mol. The monoisotopic (exact) mass is 660 g/mol. The highest BCUT2D eigenvalue weighted by molar-refractivity contribution is 7.89. The van der Waals surface area contributed by atoms with Crippen LogP contribution >= 0.6 is 0 Å². The Balaban J connectivity index is 1.22. The van der Waals surface area contributed by atoms with Crippen molar-refractivity contribution in [1.82, 2.24) is 9.21 Å². The van der Waals surface area contributed by atoms with Gasteiger partial charge in [0.2, 0.25) is 16.3 Å². The number of benzene rings is 3. The molecule has 1 heterocycles. The van der Waals surface area contributed by atoms with Crippen molar-refractivity contribution in [3.05, 3.63) is 95.3 Å². The molecular formula is C37H44N2O7S. The lowest BCUT2D eigenvalue weighted by Crippen LogP contribution is -2.41. The smallest absolute Gasteiger partial charge is 0.288 e. The summed E-state index contributed by atoms with van der Waals surface area (Å²) < 4.78 is 45.7. The zero-order chi connectivity index (χ0) is 33.0. The Morgan fingerprint density at radius 2 is 1.70 bits per heavy atom. The molecule has 1 aliphatic heterocycles. The van der Waals surface area contributed by atoms with Crippen molar-refractivity contribution in [3.8, 4) is 16.9 Å². The normalized spacial score (nSPS) is 19.4. The quantitative estimate of drug-likeness (QED) is 0.215. The molecule has 3 aromatic rings. The van der Waals surface area contributed by atoms with Gasteiger partial charge in [-0.2, -0.15) is 4.31 Å². The van der Waals surface area contributed by atoms with E-state index >= 15 is 0 Å². The Morgan fingerprint density at radius 1 is 0.957 bits per heavy atom. The van der Waals surface area contributed by atoms with Crippen molar-refractivity contribution in [1.29, 1.82) is 0 Å². The van der Waals surface area contributed by atoms with E-state index in [1.54, 1.807) is 12.1 Å². The number of amides is 1. The molecule has 0 bridgehead atoms. The number of allylic oxidation sites excluding steroid dienone is 1. The van der Waals surface area contributed by atoms with Crippen LogP contribution in [-0.2, 0) is 30.7 Å². The minimum absolute atomic E-state index is 0.00443. The van der Waals surface area contributed by atoms with Gasteiger partial charge in [-0.25, -0.2) is 8.42 Å². The fourth-order valence-corrected chi connectivity index (χ4v) is 8.53.